The van der Waals surface area contributed by atoms with Gasteiger partial charge in [0.15, 0.2) is 0 Å². The first-order valence-electron chi connectivity index (χ1n) is 9.21. The molecule has 1 atom stereocenters. The lowest BCUT2D eigenvalue weighted by Gasteiger charge is -2.12. The van der Waals surface area contributed by atoms with Crippen LogP contribution in [0.15, 0.2) is 29.4 Å². The topological polar surface area (TPSA) is 116 Å². The third-order valence-electron chi connectivity index (χ3n) is 4.74. The van der Waals surface area contributed by atoms with E-state index in [9.17, 15) is 9.59 Å². The molecule has 1 aliphatic carbocycles. The number of benzene rings is 1. The zero-order valence-corrected chi connectivity index (χ0v) is 17.6. The number of hydrogen-bond acceptors (Lipinski definition) is 7. The summed E-state index contributed by atoms with van der Waals surface area (Å²) in [7, 11) is 0. The van der Waals surface area contributed by atoms with Gasteiger partial charge in [-0.1, -0.05) is 23.9 Å². The van der Waals surface area contributed by atoms with Crippen LogP contribution in [0.3, 0.4) is 0 Å². The minimum Gasteiger partial charge on any atom is -0.365 e. The number of aryl methyl sites for hydroxylation is 2. The Labute approximate surface area is 175 Å². The number of anilines is 1. The van der Waals surface area contributed by atoms with E-state index >= 15 is 0 Å². The van der Waals surface area contributed by atoms with Gasteiger partial charge in [-0.15, -0.1) is 16.4 Å². The summed E-state index contributed by atoms with van der Waals surface area (Å²) in [4.78, 5) is 25.8. The monoisotopic (exact) mass is 428 g/mol. The molecule has 0 saturated heterocycles. The van der Waals surface area contributed by atoms with Crippen molar-refractivity contribution in [3.63, 3.8) is 0 Å². The summed E-state index contributed by atoms with van der Waals surface area (Å²) in [6, 6.07) is 7.80. The first-order valence-corrected chi connectivity index (χ1v) is 10.9. The molecule has 1 aliphatic rings. The number of nitrogens with two attached hydrogens (primary N) is 1. The van der Waals surface area contributed by atoms with Crippen LogP contribution in [0.1, 0.15) is 39.7 Å². The summed E-state index contributed by atoms with van der Waals surface area (Å²) in [5.74, 6) is -0.723. The number of rotatable bonds is 6. The number of nitrogens with one attached hydrogen (secondary N) is 1. The first kappa shape index (κ1) is 19.6. The molecule has 0 spiro atoms. The van der Waals surface area contributed by atoms with Gasteiger partial charge in [0, 0.05) is 4.88 Å². The normalized spacial score (nSPS) is 13.9. The van der Waals surface area contributed by atoms with Gasteiger partial charge >= 0.3 is 0 Å². The minimum atomic E-state index is -0.497. The Morgan fingerprint density at radius 3 is 2.93 bits per heavy atom. The summed E-state index contributed by atoms with van der Waals surface area (Å²) in [6.07, 6.45) is 2.77. The van der Waals surface area contributed by atoms with E-state index in [1.54, 1.807) is 11.6 Å². The van der Waals surface area contributed by atoms with Gasteiger partial charge in [0.05, 0.1) is 16.5 Å². The number of thiophene rings is 1. The third kappa shape index (κ3) is 3.90. The number of carbonyl (C=O) groups is 2. The molecule has 3 N–H and O–H groups in total. The van der Waals surface area contributed by atoms with Crippen LogP contribution in [0.5, 0.6) is 0 Å². The van der Waals surface area contributed by atoms with Crippen molar-refractivity contribution in [3.8, 4) is 5.69 Å². The van der Waals surface area contributed by atoms with Gasteiger partial charge < -0.3 is 11.1 Å². The lowest BCUT2D eigenvalue weighted by Crippen LogP contribution is -2.24. The maximum absolute atomic E-state index is 12.8. The molecule has 0 aliphatic heterocycles. The number of tetrazole rings is 1. The van der Waals surface area contributed by atoms with Gasteiger partial charge in [-0.25, -0.2) is 0 Å². The molecule has 29 heavy (non-hydrogen) atoms. The smallest absolute Gasteiger partial charge is 0.251 e. The van der Waals surface area contributed by atoms with Crippen molar-refractivity contribution >= 4 is 39.9 Å². The number of thioether (sulfide) groups is 1. The van der Waals surface area contributed by atoms with E-state index in [4.69, 9.17) is 5.73 Å². The second-order valence-electron chi connectivity index (χ2n) is 6.89. The molecule has 3 aromatic rings. The van der Waals surface area contributed by atoms with Crippen molar-refractivity contribution < 1.29 is 9.59 Å². The van der Waals surface area contributed by atoms with Gasteiger partial charge in [0.1, 0.15) is 5.00 Å². The second-order valence-corrected chi connectivity index (χ2v) is 9.30. The number of amides is 2. The van der Waals surface area contributed by atoms with Crippen molar-refractivity contribution in [2.24, 2.45) is 5.73 Å². The summed E-state index contributed by atoms with van der Waals surface area (Å²) in [5, 5.41) is 15.3. The van der Waals surface area contributed by atoms with Crippen LogP contribution >= 0.6 is 23.1 Å². The van der Waals surface area contributed by atoms with Crippen LogP contribution in [-0.4, -0.2) is 37.3 Å². The summed E-state index contributed by atoms with van der Waals surface area (Å²) >= 11 is 2.70. The summed E-state index contributed by atoms with van der Waals surface area (Å²) in [5.41, 5.74) is 8.93. The van der Waals surface area contributed by atoms with Crippen molar-refractivity contribution in [2.45, 2.75) is 43.5 Å². The van der Waals surface area contributed by atoms with E-state index in [1.165, 1.54) is 23.1 Å². The number of hydrogen-bond donors (Lipinski definition) is 2. The molecule has 1 unspecified atom stereocenters. The molecule has 2 aromatic heterocycles. The quantitative estimate of drug-likeness (QED) is 0.583. The number of carbonyl (C=O) groups excluding carboxylic acids is 2. The van der Waals surface area contributed by atoms with Crippen molar-refractivity contribution in [1.82, 2.24) is 20.2 Å². The van der Waals surface area contributed by atoms with Gasteiger partial charge in [-0.05, 0) is 66.8 Å². The highest BCUT2D eigenvalue weighted by atomic mass is 32.2. The molecule has 0 saturated carbocycles. The molecule has 1 aromatic carbocycles. The van der Waals surface area contributed by atoms with E-state index < -0.39 is 11.2 Å². The fourth-order valence-electron chi connectivity index (χ4n) is 3.35. The predicted molar refractivity (Wildman–Crippen MR) is 113 cm³/mol. The van der Waals surface area contributed by atoms with Crippen molar-refractivity contribution in [3.05, 3.63) is 45.8 Å². The molecule has 2 heterocycles. The lowest BCUT2D eigenvalue weighted by molar-refractivity contribution is -0.115. The zero-order valence-electron chi connectivity index (χ0n) is 16.0. The predicted octanol–water partition coefficient (Wildman–Crippen LogP) is 2.74. The molecular weight excluding hydrogens is 408 g/mol. The van der Waals surface area contributed by atoms with Gasteiger partial charge in [-0.3, -0.25) is 9.59 Å². The van der Waals surface area contributed by atoms with Gasteiger partial charge in [-0.2, -0.15) is 4.68 Å². The largest absolute Gasteiger partial charge is 0.365 e. The molecule has 0 radical (unpaired) electrons. The van der Waals surface area contributed by atoms with Crippen LogP contribution in [0.4, 0.5) is 5.00 Å². The van der Waals surface area contributed by atoms with Gasteiger partial charge in [0.2, 0.25) is 11.1 Å². The number of nitrogens with zero attached hydrogens (tertiary/aromatic N) is 4. The van der Waals surface area contributed by atoms with Crippen LogP contribution in [0.2, 0.25) is 0 Å². The molecule has 4 rings (SSSR count). The maximum Gasteiger partial charge on any atom is 0.251 e. The maximum atomic E-state index is 12.8. The Morgan fingerprint density at radius 2 is 2.17 bits per heavy atom. The molecule has 2 amide bonds. The summed E-state index contributed by atoms with van der Waals surface area (Å²) in [6.45, 7) is 3.77. The number of primary amides is 1. The molecule has 0 bridgehead atoms. The van der Waals surface area contributed by atoms with Crippen LogP contribution in [-0.2, 0) is 17.6 Å². The van der Waals surface area contributed by atoms with Crippen molar-refractivity contribution in [1.29, 1.82) is 0 Å². The van der Waals surface area contributed by atoms with Crippen molar-refractivity contribution in [2.75, 3.05) is 5.32 Å². The van der Waals surface area contributed by atoms with E-state index in [2.05, 4.69) is 20.8 Å². The fraction of sp³-hybridized carbons (Fsp3) is 0.316. The Balaban J connectivity index is 1.51. The van der Waals surface area contributed by atoms with E-state index in [-0.39, 0.29) is 5.91 Å². The average molecular weight is 429 g/mol. The molecule has 10 heteroatoms. The van der Waals surface area contributed by atoms with E-state index in [1.807, 2.05) is 31.2 Å². The number of aromatic nitrogens is 4. The fourth-order valence-corrected chi connectivity index (χ4v) is 5.46. The highest BCUT2D eigenvalue weighted by Gasteiger charge is 2.27. The van der Waals surface area contributed by atoms with Crippen LogP contribution in [0.25, 0.3) is 5.69 Å². The first-order chi connectivity index (χ1) is 13.9. The zero-order chi connectivity index (χ0) is 20.5. The lowest BCUT2D eigenvalue weighted by atomic mass is 10.1. The SMILES string of the molecule is Cc1cccc(-n2nnnc2SC(C)C(=O)Nc2sc3c(c2C(N)=O)CCC3)c1. The summed E-state index contributed by atoms with van der Waals surface area (Å²) < 4.78 is 1.61. The minimum absolute atomic E-state index is 0.226. The van der Waals surface area contributed by atoms with E-state index in [0.717, 1.165) is 41.0 Å². The highest BCUT2D eigenvalue weighted by molar-refractivity contribution is 8.00. The Morgan fingerprint density at radius 1 is 1.34 bits per heavy atom. The Bertz CT molecular complexity index is 1090. The molecule has 0 fully saturated rings. The van der Waals surface area contributed by atoms with Crippen LogP contribution < -0.4 is 11.1 Å². The number of fused-ring (bicyclic) bond motifs is 1. The highest BCUT2D eigenvalue weighted by Crippen LogP contribution is 2.39. The standard InChI is InChI=1S/C19H20N6O2S2/c1-10-5-3-6-12(9-10)25-19(22-23-24-25)28-11(2)17(27)21-18-15(16(20)26)13-7-4-8-14(13)29-18/h3,5-6,9,11H,4,7-8H2,1-2H3,(H2,20,26)(H,21,27). The van der Waals surface area contributed by atoms with Gasteiger partial charge in [0.25, 0.3) is 5.91 Å². The second kappa shape index (κ2) is 7.96. The molecule has 150 valence electrons. The van der Waals surface area contributed by atoms with E-state index in [0.29, 0.717) is 15.7 Å². The molecular formula is C19H20N6O2S2. The third-order valence-corrected chi connectivity index (χ3v) is 6.98. The Hall–Kier alpha value is -2.72. The average Bonchev–Trinajstić information content (AvgIpc) is 3.37. The Kier molecular flexibility index (Phi) is 5.37. The van der Waals surface area contributed by atoms with Crippen LogP contribution in [0, 0.1) is 6.92 Å². The molecule has 8 nitrogen and oxygen atoms in total.